The minimum Gasteiger partial charge on any atom is -0.475 e. The molecule has 0 spiro atoms. The van der Waals surface area contributed by atoms with Gasteiger partial charge >= 0.3 is 0 Å². The van der Waals surface area contributed by atoms with E-state index in [2.05, 4.69) is 10.2 Å². The summed E-state index contributed by atoms with van der Waals surface area (Å²) in [7, 11) is 3.97. The molecule has 0 saturated carbocycles. The van der Waals surface area contributed by atoms with E-state index in [1.165, 1.54) is 0 Å². The largest absolute Gasteiger partial charge is 0.475 e. The number of nitrogens with zero attached hydrogens (tertiary/aromatic N) is 4. The molecule has 6 heteroatoms. The average Bonchev–Trinajstić information content (AvgIpc) is 2.94. The maximum absolute atomic E-state index is 11.4. The number of aromatic nitrogens is 3. The summed E-state index contributed by atoms with van der Waals surface area (Å²) in [6.45, 7) is 1.36. The fourth-order valence-corrected chi connectivity index (χ4v) is 2.36. The van der Waals surface area contributed by atoms with Gasteiger partial charge in [0.25, 0.3) is 0 Å². The van der Waals surface area contributed by atoms with E-state index in [1.807, 2.05) is 59.9 Å². The first kappa shape index (κ1) is 15.2. The monoisotopic (exact) mass is 310 g/mol. The standard InChI is InChI=1S/C17H18N4O2/c1-20(2)9-10-23-16-7-6-15(18-19-16)17-13(12-22)11-14-5-3-4-8-21(14)17/h3-8,11-12H,9-10H2,1-2H3. The van der Waals surface area contributed by atoms with Crippen LogP contribution in [0.2, 0.25) is 0 Å². The second-order valence-corrected chi connectivity index (χ2v) is 5.47. The fraction of sp³-hybridized carbons (Fsp3) is 0.235. The van der Waals surface area contributed by atoms with Crippen molar-refractivity contribution in [1.82, 2.24) is 19.5 Å². The molecule has 0 fully saturated rings. The number of rotatable bonds is 6. The number of carbonyl (C=O) groups excluding carboxylic acids is 1. The molecule has 118 valence electrons. The van der Waals surface area contributed by atoms with Gasteiger partial charge in [0.2, 0.25) is 5.88 Å². The van der Waals surface area contributed by atoms with Gasteiger partial charge in [-0.05, 0) is 38.4 Å². The van der Waals surface area contributed by atoms with Gasteiger partial charge in [-0.1, -0.05) is 6.07 Å². The number of ether oxygens (including phenoxy) is 1. The Morgan fingerprint density at radius 3 is 2.78 bits per heavy atom. The molecule has 3 rings (SSSR count). The summed E-state index contributed by atoms with van der Waals surface area (Å²) in [5.41, 5.74) is 2.91. The topological polar surface area (TPSA) is 59.7 Å². The molecule has 0 bridgehead atoms. The van der Waals surface area contributed by atoms with Gasteiger partial charge in [0, 0.05) is 29.9 Å². The zero-order valence-corrected chi connectivity index (χ0v) is 13.1. The van der Waals surface area contributed by atoms with Crippen molar-refractivity contribution in [2.45, 2.75) is 0 Å². The van der Waals surface area contributed by atoms with Crippen molar-refractivity contribution in [2.24, 2.45) is 0 Å². The van der Waals surface area contributed by atoms with Crippen molar-refractivity contribution in [3.8, 4) is 17.3 Å². The van der Waals surface area contributed by atoms with Gasteiger partial charge in [-0.15, -0.1) is 10.2 Å². The lowest BCUT2D eigenvalue weighted by Gasteiger charge is -2.10. The molecule has 0 amide bonds. The molecule has 0 aliphatic carbocycles. The predicted molar refractivity (Wildman–Crippen MR) is 87.9 cm³/mol. The lowest BCUT2D eigenvalue weighted by atomic mass is 10.2. The number of pyridine rings is 1. The highest BCUT2D eigenvalue weighted by atomic mass is 16.5. The van der Waals surface area contributed by atoms with Crippen LogP contribution in [0.25, 0.3) is 16.9 Å². The van der Waals surface area contributed by atoms with Crippen LogP contribution in [0.15, 0.2) is 42.6 Å². The smallest absolute Gasteiger partial charge is 0.233 e. The van der Waals surface area contributed by atoms with E-state index >= 15 is 0 Å². The highest BCUT2D eigenvalue weighted by Gasteiger charge is 2.13. The minimum atomic E-state index is 0.476. The summed E-state index contributed by atoms with van der Waals surface area (Å²) >= 11 is 0. The zero-order chi connectivity index (χ0) is 16.2. The molecular weight excluding hydrogens is 292 g/mol. The van der Waals surface area contributed by atoms with Crippen molar-refractivity contribution in [2.75, 3.05) is 27.2 Å². The maximum atomic E-state index is 11.4. The molecule has 3 aromatic rings. The first-order valence-electron chi connectivity index (χ1n) is 7.36. The van der Waals surface area contributed by atoms with Crippen molar-refractivity contribution in [3.05, 3.63) is 48.2 Å². The number of hydrogen-bond donors (Lipinski definition) is 0. The van der Waals surface area contributed by atoms with E-state index in [0.717, 1.165) is 24.0 Å². The summed E-state index contributed by atoms with van der Waals surface area (Å²) in [6, 6.07) is 11.2. The summed E-state index contributed by atoms with van der Waals surface area (Å²) in [6.07, 6.45) is 2.74. The molecule has 0 aromatic carbocycles. The summed E-state index contributed by atoms with van der Waals surface area (Å²) in [5.74, 6) is 0.476. The summed E-state index contributed by atoms with van der Waals surface area (Å²) in [4.78, 5) is 13.4. The Labute approximate surface area is 134 Å². The molecule has 0 saturated heterocycles. The Morgan fingerprint density at radius 1 is 1.22 bits per heavy atom. The number of fused-ring (bicyclic) bond motifs is 1. The zero-order valence-electron chi connectivity index (χ0n) is 13.1. The van der Waals surface area contributed by atoms with E-state index in [0.29, 0.717) is 23.7 Å². The molecule has 6 nitrogen and oxygen atoms in total. The Morgan fingerprint density at radius 2 is 2.09 bits per heavy atom. The van der Waals surface area contributed by atoms with Crippen LogP contribution in [0.5, 0.6) is 5.88 Å². The number of likely N-dealkylation sites (N-methyl/N-ethyl adjacent to an activating group) is 1. The quantitative estimate of drug-likeness (QED) is 0.653. The second kappa shape index (κ2) is 6.58. The minimum absolute atomic E-state index is 0.476. The molecule has 23 heavy (non-hydrogen) atoms. The third kappa shape index (κ3) is 3.22. The van der Waals surface area contributed by atoms with Gasteiger partial charge in [-0.2, -0.15) is 0 Å². The third-order valence-corrected chi connectivity index (χ3v) is 3.51. The van der Waals surface area contributed by atoms with E-state index in [1.54, 1.807) is 6.07 Å². The molecule has 0 N–H and O–H groups in total. The summed E-state index contributed by atoms with van der Waals surface area (Å²) in [5, 5.41) is 8.30. The first-order chi connectivity index (χ1) is 11.2. The normalized spacial score (nSPS) is 11.1. The molecule has 0 aliphatic rings. The van der Waals surface area contributed by atoms with Crippen LogP contribution in [0.1, 0.15) is 10.4 Å². The Kier molecular flexibility index (Phi) is 4.34. The van der Waals surface area contributed by atoms with E-state index in [9.17, 15) is 4.79 Å². The number of aldehydes is 1. The molecular formula is C17H18N4O2. The molecule has 3 heterocycles. The average molecular weight is 310 g/mol. The van der Waals surface area contributed by atoms with Crippen LogP contribution >= 0.6 is 0 Å². The van der Waals surface area contributed by atoms with Crippen molar-refractivity contribution >= 4 is 11.8 Å². The van der Waals surface area contributed by atoms with Crippen LogP contribution in [-0.2, 0) is 0 Å². The van der Waals surface area contributed by atoms with Crippen LogP contribution in [0.3, 0.4) is 0 Å². The van der Waals surface area contributed by atoms with Gasteiger partial charge < -0.3 is 14.0 Å². The van der Waals surface area contributed by atoms with Gasteiger partial charge in [0.05, 0.1) is 5.69 Å². The van der Waals surface area contributed by atoms with Gasteiger partial charge in [-0.3, -0.25) is 4.79 Å². The van der Waals surface area contributed by atoms with Crippen molar-refractivity contribution in [1.29, 1.82) is 0 Å². The SMILES string of the molecule is CN(C)CCOc1ccc(-c2c(C=O)cc3ccccn23)nn1. The third-order valence-electron chi connectivity index (χ3n) is 3.51. The lowest BCUT2D eigenvalue weighted by molar-refractivity contribution is 0.112. The fourth-order valence-electron chi connectivity index (χ4n) is 2.36. The Balaban J connectivity index is 1.89. The highest BCUT2D eigenvalue weighted by molar-refractivity contribution is 5.89. The van der Waals surface area contributed by atoms with Crippen LogP contribution in [-0.4, -0.2) is 53.0 Å². The van der Waals surface area contributed by atoms with Crippen LogP contribution < -0.4 is 4.74 Å². The number of hydrogen-bond acceptors (Lipinski definition) is 5. The maximum Gasteiger partial charge on any atom is 0.233 e. The summed E-state index contributed by atoms with van der Waals surface area (Å²) < 4.78 is 7.47. The first-order valence-corrected chi connectivity index (χ1v) is 7.36. The van der Waals surface area contributed by atoms with Gasteiger partial charge in [0.1, 0.15) is 12.3 Å². The van der Waals surface area contributed by atoms with Gasteiger partial charge in [-0.25, -0.2) is 0 Å². The van der Waals surface area contributed by atoms with Crippen LogP contribution in [0.4, 0.5) is 0 Å². The second-order valence-electron chi connectivity index (χ2n) is 5.47. The van der Waals surface area contributed by atoms with Crippen molar-refractivity contribution in [3.63, 3.8) is 0 Å². The van der Waals surface area contributed by atoms with E-state index in [-0.39, 0.29) is 0 Å². The Bertz CT molecular complexity index is 809. The lowest BCUT2D eigenvalue weighted by Crippen LogP contribution is -2.19. The Hall–Kier alpha value is -2.73. The molecule has 3 aromatic heterocycles. The van der Waals surface area contributed by atoms with Crippen LogP contribution in [0, 0.1) is 0 Å². The molecule has 0 radical (unpaired) electrons. The van der Waals surface area contributed by atoms with Crippen molar-refractivity contribution < 1.29 is 9.53 Å². The predicted octanol–water partition coefficient (Wildman–Crippen LogP) is 2.15. The number of carbonyl (C=O) groups is 1. The van der Waals surface area contributed by atoms with E-state index in [4.69, 9.17) is 4.74 Å². The molecule has 0 atom stereocenters. The van der Waals surface area contributed by atoms with E-state index < -0.39 is 0 Å². The van der Waals surface area contributed by atoms with Gasteiger partial charge in [0.15, 0.2) is 6.29 Å². The highest BCUT2D eigenvalue weighted by Crippen LogP contribution is 2.25. The molecule has 0 aliphatic heterocycles. The molecule has 0 unspecified atom stereocenters.